The number of amides is 2. The van der Waals surface area contributed by atoms with E-state index in [-0.39, 0.29) is 37.5 Å². The van der Waals surface area contributed by atoms with Crippen molar-refractivity contribution < 1.29 is 24.2 Å². The molecule has 2 amide bonds. The van der Waals surface area contributed by atoms with Crippen molar-refractivity contribution in [1.29, 1.82) is 0 Å². The number of esters is 1. The van der Waals surface area contributed by atoms with Crippen LogP contribution in [-0.4, -0.2) is 69.1 Å². The van der Waals surface area contributed by atoms with Crippen molar-refractivity contribution in [2.24, 2.45) is 17.8 Å². The first-order chi connectivity index (χ1) is 18.5. The van der Waals surface area contributed by atoms with Crippen molar-refractivity contribution in [3.05, 3.63) is 54.6 Å². The lowest BCUT2D eigenvalue weighted by molar-refractivity contribution is -0.156. The molecule has 39 heavy (non-hydrogen) atoms. The van der Waals surface area contributed by atoms with Gasteiger partial charge in [0, 0.05) is 22.0 Å². The zero-order valence-electron chi connectivity index (χ0n) is 23.0. The molecule has 3 aliphatic rings. The van der Waals surface area contributed by atoms with Crippen LogP contribution in [0.4, 0.5) is 5.69 Å². The van der Waals surface area contributed by atoms with Crippen molar-refractivity contribution in [1.82, 2.24) is 4.90 Å². The van der Waals surface area contributed by atoms with Crippen LogP contribution in [0, 0.1) is 17.8 Å². The van der Waals surface area contributed by atoms with E-state index in [1.165, 1.54) is 0 Å². The molecule has 0 radical (unpaired) electrons. The van der Waals surface area contributed by atoms with Gasteiger partial charge in [0.1, 0.15) is 6.04 Å². The second-order valence-electron chi connectivity index (χ2n) is 11.4. The highest BCUT2D eigenvalue weighted by atomic mass is 35.5. The molecule has 1 N–H and O–H groups in total. The number of anilines is 1. The second-order valence-corrected chi connectivity index (χ2v) is 13.7. The number of aliphatic hydroxyl groups excluding tert-OH is 1. The first-order valence-corrected chi connectivity index (χ1v) is 14.8. The van der Waals surface area contributed by atoms with E-state index in [9.17, 15) is 19.5 Å². The number of likely N-dealkylation sites (tertiary alicyclic amines) is 1. The van der Waals surface area contributed by atoms with Crippen molar-refractivity contribution in [2.75, 3.05) is 24.7 Å². The molecule has 1 aromatic rings. The Bertz CT molecular complexity index is 1130. The summed E-state index contributed by atoms with van der Waals surface area (Å²) in [6.45, 7) is 13.8. The minimum absolute atomic E-state index is 0.186. The summed E-state index contributed by atoms with van der Waals surface area (Å²) >= 11 is 7.72. The molecule has 1 aromatic carbocycles. The molecule has 6 atom stereocenters. The van der Waals surface area contributed by atoms with Gasteiger partial charge in [0.25, 0.3) is 5.91 Å². The Hall–Kier alpha value is -2.29. The van der Waals surface area contributed by atoms with Crippen molar-refractivity contribution >= 4 is 46.8 Å². The van der Waals surface area contributed by atoms with Gasteiger partial charge in [0.15, 0.2) is 0 Å². The standard InChI is InChI=1S/C30H39ClN2O5S/c1-6-8-16-38-28(37)24-23-26(35)33(22(18-34)17-19(3)4)25(30(23)14-13-29(24,5)39-30)27(36)32(15-7-2)21-11-9-20(31)10-12-21/h6-7,9-12,19,22-25,34H,1-2,8,13-18H2,3-5H3/t22-,23+,24-,25?,29+,30?/m1/s1. The average molecular weight is 575 g/mol. The van der Waals surface area contributed by atoms with Gasteiger partial charge in [-0.05, 0) is 62.8 Å². The van der Waals surface area contributed by atoms with Gasteiger partial charge in [-0.1, -0.05) is 37.6 Å². The topological polar surface area (TPSA) is 87.1 Å². The quantitative estimate of drug-likeness (QED) is 0.218. The lowest BCUT2D eigenvalue weighted by Crippen LogP contribution is -2.57. The number of fused-ring (bicyclic) bond motifs is 1. The fourth-order valence-corrected chi connectivity index (χ4v) is 9.22. The molecule has 0 saturated carbocycles. The second kappa shape index (κ2) is 11.7. The fraction of sp³-hybridized carbons (Fsp3) is 0.567. The zero-order chi connectivity index (χ0) is 28.5. The Morgan fingerprint density at radius 2 is 1.95 bits per heavy atom. The number of halogens is 1. The van der Waals surface area contributed by atoms with Crippen molar-refractivity contribution in [3.63, 3.8) is 0 Å². The van der Waals surface area contributed by atoms with Gasteiger partial charge < -0.3 is 19.6 Å². The third-order valence-corrected chi connectivity index (χ3v) is 10.6. The highest BCUT2D eigenvalue weighted by molar-refractivity contribution is 8.02. The minimum Gasteiger partial charge on any atom is -0.465 e. The molecule has 0 aliphatic carbocycles. The molecule has 9 heteroatoms. The molecular formula is C30H39ClN2O5S. The van der Waals surface area contributed by atoms with E-state index in [2.05, 4.69) is 13.2 Å². The lowest BCUT2D eigenvalue weighted by Gasteiger charge is -2.40. The number of nitrogens with zero attached hydrogens (tertiary/aromatic N) is 2. The molecule has 4 rings (SSSR count). The van der Waals surface area contributed by atoms with E-state index >= 15 is 0 Å². The van der Waals surface area contributed by atoms with Crippen molar-refractivity contribution in [2.45, 2.75) is 68.0 Å². The third kappa shape index (κ3) is 5.16. The molecule has 7 nitrogen and oxygen atoms in total. The van der Waals surface area contributed by atoms with E-state index in [4.69, 9.17) is 16.3 Å². The van der Waals surface area contributed by atoms with E-state index in [1.807, 2.05) is 20.8 Å². The molecular weight excluding hydrogens is 536 g/mol. The Morgan fingerprint density at radius 3 is 2.54 bits per heavy atom. The van der Waals surface area contributed by atoms with Gasteiger partial charge in [-0.15, -0.1) is 24.9 Å². The predicted octanol–water partition coefficient (Wildman–Crippen LogP) is 4.87. The molecule has 3 saturated heterocycles. The summed E-state index contributed by atoms with van der Waals surface area (Å²) in [4.78, 5) is 45.7. The number of rotatable bonds is 12. The summed E-state index contributed by atoms with van der Waals surface area (Å²) in [5.41, 5.74) is 0.644. The van der Waals surface area contributed by atoms with Crippen LogP contribution < -0.4 is 4.90 Å². The Labute approximate surface area is 240 Å². The van der Waals surface area contributed by atoms with Crippen LogP contribution in [0.25, 0.3) is 0 Å². The van der Waals surface area contributed by atoms with Crippen LogP contribution in [-0.2, 0) is 19.1 Å². The normalized spacial score (nSPS) is 29.8. The average Bonchev–Trinajstić information content (AvgIpc) is 3.47. The summed E-state index contributed by atoms with van der Waals surface area (Å²) in [6.07, 6.45) is 5.71. The van der Waals surface area contributed by atoms with E-state index in [0.29, 0.717) is 36.4 Å². The van der Waals surface area contributed by atoms with Crippen LogP contribution in [0.1, 0.15) is 46.5 Å². The van der Waals surface area contributed by atoms with Gasteiger partial charge in [0.2, 0.25) is 5.91 Å². The van der Waals surface area contributed by atoms with Crippen LogP contribution in [0.5, 0.6) is 0 Å². The molecule has 3 fully saturated rings. The van der Waals surface area contributed by atoms with Crippen LogP contribution >= 0.6 is 23.4 Å². The molecule has 2 bridgehead atoms. The van der Waals surface area contributed by atoms with Crippen LogP contribution in [0.15, 0.2) is 49.6 Å². The number of thioether (sulfide) groups is 1. The van der Waals surface area contributed by atoms with E-state index < -0.39 is 39.4 Å². The first kappa shape index (κ1) is 29.7. The molecule has 2 unspecified atom stereocenters. The number of hydrogen-bond acceptors (Lipinski definition) is 6. The van der Waals surface area contributed by atoms with Gasteiger partial charge in [-0.3, -0.25) is 14.4 Å². The van der Waals surface area contributed by atoms with Gasteiger partial charge in [0.05, 0.1) is 35.8 Å². The maximum absolute atomic E-state index is 14.6. The number of benzene rings is 1. The minimum atomic E-state index is -0.848. The summed E-state index contributed by atoms with van der Waals surface area (Å²) in [6, 6.07) is 5.60. The van der Waals surface area contributed by atoms with Gasteiger partial charge >= 0.3 is 5.97 Å². The number of aliphatic hydroxyl groups is 1. The van der Waals surface area contributed by atoms with Crippen LogP contribution in [0.3, 0.4) is 0 Å². The lowest BCUT2D eigenvalue weighted by atomic mass is 9.66. The maximum atomic E-state index is 14.6. The number of carbonyl (C=O) groups is 3. The van der Waals surface area contributed by atoms with E-state index in [0.717, 1.165) is 0 Å². The predicted molar refractivity (Wildman–Crippen MR) is 156 cm³/mol. The largest absolute Gasteiger partial charge is 0.465 e. The van der Waals surface area contributed by atoms with Crippen molar-refractivity contribution in [3.8, 4) is 0 Å². The SMILES string of the molecule is C=CCCOC(=O)[C@H]1[C@H]2C(=O)N([C@@H](CO)CC(C)C)C(C(=O)N(CC=C)c3ccc(Cl)cc3)C23CC[C@]1(C)S3. The van der Waals surface area contributed by atoms with Gasteiger partial charge in [-0.25, -0.2) is 0 Å². The zero-order valence-corrected chi connectivity index (χ0v) is 24.5. The summed E-state index contributed by atoms with van der Waals surface area (Å²) < 4.78 is 4.30. The molecule has 0 aromatic heterocycles. The number of carbonyl (C=O) groups excluding carboxylic acids is 3. The highest BCUT2D eigenvalue weighted by Gasteiger charge is 2.78. The number of hydrogen-bond donors (Lipinski definition) is 1. The summed E-state index contributed by atoms with van der Waals surface area (Å²) in [5.74, 6) is -2.08. The number of ether oxygens (including phenoxy) is 1. The van der Waals surface area contributed by atoms with E-state index in [1.54, 1.807) is 58.0 Å². The maximum Gasteiger partial charge on any atom is 0.311 e. The molecule has 1 spiro atoms. The first-order valence-electron chi connectivity index (χ1n) is 13.6. The van der Waals surface area contributed by atoms with Crippen LogP contribution in [0.2, 0.25) is 5.02 Å². The van der Waals surface area contributed by atoms with Gasteiger partial charge in [-0.2, -0.15) is 0 Å². The molecule has 3 heterocycles. The monoisotopic (exact) mass is 574 g/mol. The summed E-state index contributed by atoms with van der Waals surface area (Å²) in [7, 11) is 0. The smallest absolute Gasteiger partial charge is 0.311 e. The molecule has 212 valence electrons. The Kier molecular flexibility index (Phi) is 8.89. The fourth-order valence-electron chi connectivity index (χ4n) is 6.77. The summed E-state index contributed by atoms with van der Waals surface area (Å²) in [5, 5.41) is 11.0. The molecule has 3 aliphatic heterocycles. The third-order valence-electron chi connectivity index (χ3n) is 8.33. The highest BCUT2D eigenvalue weighted by Crippen LogP contribution is 2.72. The Balaban J connectivity index is 1.81. The Morgan fingerprint density at radius 1 is 1.26 bits per heavy atom.